The van der Waals surface area contributed by atoms with Crippen LogP contribution in [0.5, 0.6) is 5.75 Å². The highest BCUT2D eigenvalue weighted by Crippen LogP contribution is 2.31. The molecular formula is C15H10F3NO. The standard InChI is InChI=1S/C15H10F3NO/c1-10-4-2-6-12(9-19)14(10)11-5-3-7-13(8-11)20-15(16,17)18/h2-8H,1H3. The molecule has 5 heteroatoms. The van der Waals surface area contributed by atoms with Crippen molar-refractivity contribution < 1.29 is 17.9 Å². The van der Waals surface area contributed by atoms with Crippen molar-refractivity contribution in [1.82, 2.24) is 0 Å². The summed E-state index contributed by atoms with van der Waals surface area (Å²) in [4.78, 5) is 0. The van der Waals surface area contributed by atoms with Crippen LogP contribution in [0.1, 0.15) is 11.1 Å². The largest absolute Gasteiger partial charge is 0.573 e. The zero-order chi connectivity index (χ0) is 14.8. The van der Waals surface area contributed by atoms with E-state index in [0.717, 1.165) is 5.56 Å². The molecule has 0 unspecified atom stereocenters. The summed E-state index contributed by atoms with van der Waals surface area (Å²) >= 11 is 0. The van der Waals surface area contributed by atoms with Gasteiger partial charge in [0.1, 0.15) is 5.75 Å². The Balaban J connectivity index is 2.50. The van der Waals surface area contributed by atoms with Crippen molar-refractivity contribution in [2.75, 3.05) is 0 Å². The first-order valence-corrected chi connectivity index (χ1v) is 5.76. The van der Waals surface area contributed by atoms with Gasteiger partial charge in [0, 0.05) is 5.56 Å². The molecule has 0 aromatic heterocycles. The molecule has 0 saturated heterocycles. The van der Waals surface area contributed by atoms with E-state index in [2.05, 4.69) is 4.74 Å². The highest BCUT2D eigenvalue weighted by Gasteiger charge is 2.31. The predicted octanol–water partition coefficient (Wildman–Crippen LogP) is 4.43. The molecule has 2 aromatic rings. The maximum Gasteiger partial charge on any atom is 0.573 e. The lowest BCUT2D eigenvalue weighted by Crippen LogP contribution is -2.17. The minimum Gasteiger partial charge on any atom is -0.406 e. The van der Waals surface area contributed by atoms with E-state index in [4.69, 9.17) is 5.26 Å². The van der Waals surface area contributed by atoms with Crippen LogP contribution in [0.15, 0.2) is 42.5 Å². The highest BCUT2D eigenvalue weighted by molar-refractivity contribution is 5.74. The van der Waals surface area contributed by atoms with Crippen molar-refractivity contribution in [2.24, 2.45) is 0 Å². The number of halogens is 3. The Morgan fingerprint density at radius 2 is 1.80 bits per heavy atom. The molecule has 0 saturated carbocycles. The van der Waals surface area contributed by atoms with Crippen LogP contribution in [0.4, 0.5) is 13.2 Å². The summed E-state index contributed by atoms with van der Waals surface area (Å²) in [5, 5.41) is 9.10. The summed E-state index contributed by atoms with van der Waals surface area (Å²) in [5.41, 5.74) is 2.35. The molecule has 0 spiro atoms. The van der Waals surface area contributed by atoms with Gasteiger partial charge in [-0.25, -0.2) is 0 Å². The number of nitrogens with zero attached hydrogens (tertiary/aromatic N) is 1. The highest BCUT2D eigenvalue weighted by atomic mass is 19.4. The van der Waals surface area contributed by atoms with Gasteiger partial charge in [-0.3, -0.25) is 0 Å². The van der Waals surface area contributed by atoms with Gasteiger partial charge in [0.15, 0.2) is 0 Å². The van der Waals surface area contributed by atoms with Crippen molar-refractivity contribution >= 4 is 0 Å². The number of aryl methyl sites for hydroxylation is 1. The van der Waals surface area contributed by atoms with Crippen LogP contribution in [0.2, 0.25) is 0 Å². The maximum atomic E-state index is 12.2. The lowest BCUT2D eigenvalue weighted by atomic mass is 9.95. The summed E-state index contributed by atoms with van der Waals surface area (Å²) in [6.07, 6.45) is -4.73. The third kappa shape index (κ3) is 3.09. The summed E-state index contributed by atoms with van der Waals surface area (Å²) in [6, 6.07) is 12.8. The molecule has 0 amide bonds. The van der Waals surface area contributed by atoms with Crippen molar-refractivity contribution in [1.29, 1.82) is 5.26 Å². The molecule has 2 rings (SSSR count). The summed E-state index contributed by atoms with van der Waals surface area (Å²) in [6.45, 7) is 1.80. The molecule has 0 aliphatic heterocycles. The van der Waals surface area contributed by atoms with E-state index in [-0.39, 0.29) is 5.75 Å². The van der Waals surface area contributed by atoms with Gasteiger partial charge >= 0.3 is 6.36 Å². The zero-order valence-electron chi connectivity index (χ0n) is 10.5. The van der Waals surface area contributed by atoms with Gasteiger partial charge in [0.05, 0.1) is 11.6 Å². The van der Waals surface area contributed by atoms with E-state index < -0.39 is 6.36 Å². The SMILES string of the molecule is Cc1cccc(C#N)c1-c1cccc(OC(F)(F)F)c1. The fraction of sp³-hybridized carbons (Fsp3) is 0.133. The van der Waals surface area contributed by atoms with Gasteiger partial charge in [-0.15, -0.1) is 13.2 Å². The lowest BCUT2D eigenvalue weighted by Gasteiger charge is -2.12. The Labute approximate surface area is 114 Å². The Morgan fingerprint density at radius 1 is 1.10 bits per heavy atom. The summed E-state index contributed by atoms with van der Waals surface area (Å²) in [7, 11) is 0. The lowest BCUT2D eigenvalue weighted by molar-refractivity contribution is -0.274. The van der Waals surface area contributed by atoms with Crippen LogP contribution in [-0.2, 0) is 0 Å². The first kappa shape index (κ1) is 13.9. The molecule has 2 aromatic carbocycles. The van der Waals surface area contributed by atoms with Crippen LogP contribution in [0, 0.1) is 18.3 Å². The molecule has 0 radical (unpaired) electrons. The number of nitriles is 1. The van der Waals surface area contributed by atoms with Crippen molar-refractivity contribution in [2.45, 2.75) is 13.3 Å². The van der Waals surface area contributed by atoms with Crippen LogP contribution >= 0.6 is 0 Å². The van der Waals surface area contributed by atoms with Gasteiger partial charge < -0.3 is 4.74 Å². The molecule has 0 aliphatic carbocycles. The molecule has 0 heterocycles. The normalized spacial score (nSPS) is 10.9. The number of benzene rings is 2. The van der Waals surface area contributed by atoms with Crippen LogP contribution in [0.3, 0.4) is 0 Å². The first-order chi connectivity index (χ1) is 9.40. The quantitative estimate of drug-likeness (QED) is 0.813. The Bertz CT molecular complexity index is 672. The average molecular weight is 277 g/mol. The molecule has 20 heavy (non-hydrogen) atoms. The molecular weight excluding hydrogens is 267 g/mol. The molecule has 102 valence electrons. The summed E-state index contributed by atoms with van der Waals surface area (Å²) in [5.74, 6) is -0.304. The molecule has 0 N–H and O–H groups in total. The minimum absolute atomic E-state index is 0.304. The van der Waals surface area contributed by atoms with Gasteiger partial charge in [-0.05, 0) is 36.2 Å². The molecule has 0 atom stereocenters. The van der Waals surface area contributed by atoms with E-state index in [9.17, 15) is 13.2 Å². The van der Waals surface area contributed by atoms with E-state index in [0.29, 0.717) is 16.7 Å². The number of hydrogen-bond acceptors (Lipinski definition) is 2. The van der Waals surface area contributed by atoms with E-state index in [1.54, 1.807) is 31.2 Å². The average Bonchev–Trinajstić information content (AvgIpc) is 2.36. The van der Waals surface area contributed by atoms with Gasteiger partial charge in [-0.1, -0.05) is 24.3 Å². The van der Waals surface area contributed by atoms with Crippen LogP contribution in [0.25, 0.3) is 11.1 Å². The number of ether oxygens (including phenoxy) is 1. The van der Waals surface area contributed by atoms with Gasteiger partial charge in [0.2, 0.25) is 0 Å². The summed E-state index contributed by atoms with van der Waals surface area (Å²) < 4.78 is 40.6. The Kier molecular flexibility index (Phi) is 3.66. The maximum absolute atomic E-state index is 12.2. The van der Waals surface area contributed by atoms with Gasteiger partial charge in [-0.2, -0.15) is 5.26 Å². The second-order valence-corrected chi connectivity index (χ2v) is 4.18. The molecule has 0 bridgehead atoms. The third-order valence-electron chi connectivity index (χ3n) is 2.75. The van der Waals surface area contributed by atoms with E-state index in [1.807, 2.05) is 6.07 Å². The van der Waals surface area contributed by atoms with Gasteiger partial charge in [0.25, 0.3) is 0 Å². The monoisotopic (exact) mass is 277 g/mol. The Morgan fingerprint density at radius 3 is 2.45 bits per heavy atom. The third-order valence-corrected chi connectivity index (χ3v) is 2.75. The number of hydrogen-bond donors (Lipinski definition) is 0. The minimum atomic E-state index is -4.73. The molecule has 2 nitrogen and oxygen atoms in total. The predicted molar refractivity (Wildman–Crippen MR) is 68.0 cm³/mol. The number of alkyl halides is 3. The number of rotatable bonds is 2. The van der Waals surface area contributed by atoms with E-state index >= 15 is 0 Å². The van der Waals surface area contributed by atoms with Crippen LogP contribution < -0.4 is 4.74 Å². The van der Waals surface area contributed by atoms with Crippen molar-refractivity contribution in [3.63, 3.8) is 0 Å². The molecule has 0 aliphatic rings. The fourth-order valence-electron chi connectivity index (χ4n) is 1.99. The Hall–Kier alpha value is -2.48. The topological polar surface area (TPSA) is 33.0 Å². The smallest absolute Gasteiger partial charge is 0.406 e. The first-order valence-electron chi connectivity index (χ1n) is 5.76. The van der Waals surface area contributed by atoms with Crippen LogP contribution in [-0.4, -0.2) is 6.36 Å². The zero-order valence-corrected chi connectivity index (χ0v) is 10.5. The van der Waals surface area contributed by atoms with E-state index in [1.165, 1.54) is 18.2 Å². The van der Waals surface area contributed by atoms with Crippen molar-refractivity contribution in [3.05, 3.63) is 53.6 Å². The fourth-order valence-corrected chi connectivity index (χ4v) is 1.99. The molecule has 0 fully saturated rings. The van der Waals surface area contributed by atoms with Crippen molar-refractivity contribution in [3.8, 4) is 22.9 Å². The second kappa shape index (κ2) is 5.25. The second-order valence-electron chi connectivity index (χ2n) is 4.18.